The minimum absolute atomic E-state index is 0.0399. The zero-order chi connectivity index (χ0) is 12.4. The van der Waals surface area contributed by atoms with Crippen molar-refractivity contribution < 1.29 is 9.90 Å². The van der Waals surface area contributed by atoms with Crippen molar-refractivity contribution in [2.24, 2.45) is 0 Å². The highest BCUT2D eigenvalue weighted by Crippen LogP contribution is 2.27. The maximum atomic E-state index is 12.2. The van der Waals surface area contributed by atoms with Crippen LogP contribution in [0.15, 0.2) is 6.07 Å². The molecule has 1 aromatic rings. The van der Waals surface area contributed by atoms with Gasteiger partial charge in [-0.3, -0.25) is 4.79 Å². The molecule has 0 bridgehead atoms. The van der Waals surface area contributed by atoms with Gasteiger partial charge < -0.3 is 15.7 Å². The fraction of sp³-hybridized carbons (Fsp3) is 0.545. The zero-order valence-electron chi connectivity index (χ0n) is 9.76. The fourth-order valence-corrected chi connectivity index (χ4v) is 1.79. The Hall–Kier alpha value is -1.69. The molecule has 0 unspecified atom stereocenters. The van der Waals surface area contributed by atoms with E-state index in [9.17, 15) is 4.79 Å². The second-order valence-electron chi connectivity index (χ2n) is 4.21. The Bertz CT molecular complexity index is 411. The zero-order valence-corrected chi connectivity index (χ0v) is 9.76. The second kappa shape index (κ2) is 4.67. The lowest BCUT2D eigenvalue weighted by atomic mass is 10.3. The SMILES string of the molecule is Cc1cc(C(=O)N(CCO)C2CC2)nc(N)n1. The number of aliphatic hydroxyl groups excluding tert-OH is 1. The first-order valence-electron chi connectivity index (χ1n) is 5.65. The Morgan fingerprint density at radius 2 is 2.29 bits per heavy atom. The summed E-state index contributed by atoms with van der Waals surface area (Å²) in [5, 5.41) is 8.97. The number of hydrogen-bond acceptors (Lipinski definition) is 5. The third kappa shape index (κ3) is 2.71. The third-order valence-electron chi connectivity index (χ3n) is 2.68. The summed E-state index contributed by atoms with van der Waals surface area (Å²) in [5.74, 6) is -0.0770. The number of hydrogen-bond donors (Lipinski definition) is 2. The molecule has 0 aliphatic heterocycles. The molecule has 1 aliphatic rings. The number of aromatic nitrogens is 2. The van der Waals surface area contributed by atoms with Crippen molar-refractivity contribution >= 4 is 11.9 Å². The summed E-state index contributed by atoms with van der Waals surface area (Å²) in [6.07, 6.45) is 1.98. The van der Waals surface area contributed by atoms with Gasteiger partial charge >= 0.3 is 0 Å². The minimum atomic E-state index is -0.182. The van der Waals surface area contributed by atoms with Gasteiger partial charge in [-0.25, -0.2) is 9.97 Å². The topological polar surface area (TPSA) is 92.3 Å². The third-order valence-corrected chi connectivity index (χ3v) is 2.68. The maximum absolute atomic E-state index is 12.2. The van der Waals surface area contributed by atoms with E-state index in [1.54, 1.807) is 17.9 Å². The van der Waals surface area contributed by atoms with E-state index in [4.69, 9.17) is 10.8 Å². The number of amides is 1. The first-order valence-corrected chi connectivity index (χ1v) is 5.65. The quantitative estimate of drug-likeness (QED) is 0.765. The lowest BCUT2D eigenvalue weighted by molar-refractivity contribution is 0.0701. The van der Waals surface area contributed by atoms with Crippen LogP contribution in [0.25, 0.3) is 0 Å². The van der Waals surface area contributed by atoms with Gasteiger partial charge in [-0.1, -0.05) is 0 Å². The van der Waals surface area contributed by atoms with Crippen molar-refractivity contribution in [1.82, 2.24) is 14.9 Å². The molecular weight excluding hydrogens is 220 g/mol. The van der Waals surface area contributed by atoms with E-state index in [-0.39, 0.29) is 24.5 Å². The molecule has 0 spiro atoms. The van der Waals surface area contributed by atoms with Gasteiger partial charge in [0.15, 0.2) is 0 Å². The number of carbonyl (C=O) groups excluding carboxylic acids is 1. The number of rotatable bonds is 4. The van der Waals surface area contributed by atoms with Crippen LogP contribution in [0.1, 0.15) is 29.0 Å². The van der Waals surface area contributed by atoms with E-state index in [0.29, 0.717) is 17.9 Å². The first-order chi connectivity index (χ1) is 8.11. The molecule has 17 heavy (non-hydrogen) atoms. The summed E-state index contributed by atoms with van der Waals surface area (Å²) >= 11 is 0. The Balaban J connectivity index is 2.21. The van der Waals surface area contributed by atoms with Crippen LogP contribution in [0.5, 0.6) is 0 Å². The number of nitrogens with two attached hydrogens (primary N) is 1. The molecule has 6 nitrogen and oxygen atoms in total. The molecule has 1 saturated carbocycles. The van der Waals surface area contributed by atoms with Crippen LogP contribution in [-0.4, -0.2) is 45.1 Å². The van der Waals surface area contributed by atoms with Gasteiger partial charge in [0.2, 0.25) is 5.95 Å². The normalized spacial score (nSPS) is 14.7. The number of aryl methyl sites for hydroxylation is 1. The lowest BCUT2D eigenvalue weighted by Gasteiger charge is -2.20. The first kappa shape index (κ1) is 11.8. The summed E-state index contributed by atoms with van der Waals surface area (Å²) in [7, 11) is 0. The van der Waals surface area contributed by atoms with E-state index in [0.717, 1.165) is 12.8 Å². The average Bonchev–Trinajstić information content (AvgIpc) is 3.07. The number of nitrogens with zero attached hydrogens (tertiary/aromatic N) is 3. The molecule has 1 heterocycles. The van der Waals surface area contributed by atoms with Crippen molar-refractivity contribution in [3.05, 3.63) is 17.5 Å². The van der Waals surface area contributed by atoms with Gasteiger partial charge in [-0.2, -0.15) is 0 Å². The van der Waals surface area contributed by atoms with E-state index >= 15 is 0 Å². The highest BCUT2D eigenvalue weighted by Gasteiger charge is 2.33. The molecular formula is C11H16N4O2. The minimum Gasteiger partial charge on any atom is -0.395 e. The van der Waals surface area contributed by atoms with Gasteiger partial charge in [0.25, 0.3) is 5.91 Å². The van der Waals surface area contributed by atoms with Crippen LogP contribution >= 0.6 is 0 Å². The lowest BCUT2D eigenvalue weighted by Crippen LogP contribution is -2.36. The van der Waals surface area contributed by atoms with E-state index < -0.39 is 0 Å². The van der Waals surface area contributed by atoms with E-state index in [2.05, 4.69) is 9.97 Å². The van der Waals surface area contributed by atoms with Gasteiger partial charge in [0.1, 0.15) is 5.69 Å². The van der Waals surface area contributed by atoms with E-state index in [1.165, 1.54) is 0 Å². The molecule has 0 saturated heterocycles. The molecule has 1 amide bonds. The smallest absolute Gasteiger partial charge is 0.272 e. The predicted molar refractivity (Wildman–Crippen MR) is 62.3 cm³/mol. The van der Waals surface area contributed by atoms with Crippen LogP contribution in [0.4, 0.5) is 5.95 Å². The molecule has 0 radical (unpaired) electrons. The van der Waals surface area contributed by atoms with Crippen LogP contribution in [-0.2, 0) is 0 Å². The van der Waals surface area contributed by atoms with E-state index in [1.807, 2.05) is 0 Å². The van der Waals surface area contributed by atoms with Crippen molar-refractivity contribution in [1.29, 1.82) is 0 Å². The highest BCUT2D eigenvalue weighted by atomic mass is 16.3. The molecule has 6 heteroatoms. The van der Waals surface area contributed by atoms with Crippen LogP contribution < -0.4 is 5.73 Å². The largest absolute Gasteiger partial charge is 0.395 e. The molecule has 1 fully saturated rings. The standard InChI is InChI=1S/C11H16N4O2/c1-7-6-9(14-11(12)13-7)10(17)15(4-5-16)8-2-3-8/h6,8,16H,2-5H2,1H3,(H2,12,13,14). The average molecular weight is 236 g/mol. The monoisotopic (exact) mass is 236 g/mol. The number of carbonyl (C=O) groups is 1. The summed E-state index contributed by atoms with van der Waals surface area (Å²) < 4.78 is 0. The second-order valence-corrected chi connectivity index (χ2v) is 4.21. The number of anilines is 1. The molecule has 1 aromatic heterocycles. The summed E-state index contributed by atoms with van der Waals surface area (Å²) in [5.41, 5.74) is 6.49. The van der Waals surface area contributed by atoms with Crippen LogP contribution in [0, 0.1) is 6.92 Å². The Morgan fingerprint density at radius 1 is 1.59 bits per heavy atom. The number of nitrogen functional groups attached to an aromatic ring is 1. The molecule has 0 aromatic carbocycles. The maximum Gasteiger partial charge on any atom is 0.272 e. The molecule has 0 atom stereocenters. The fourth-order valence-electron chi connectivity index (χ4n) is 1.79. The molecule has 3 N–H and O–H groups in total. The van der Waals surface area contributed by atoms with Gasteiger partial charge in [0.05, 0.1) is 6.61 Å². The molecule has 92 valence electrons. The van der Waals surface area contributed by atoms with Crippen molar-refractivity contribution in [2.75, 3.05) is 18.9 Å². The Morgan fingerprint density at radius 3 is 2.82 bits per heavy atom. The summed E-state index contributed by atoms with van der Waals surface area (Å²) in [6, 6.07) is 1.86. The predicted octanol–water partition coefficient (Wildman–Crippen LogP) is -0.0359. The summed E-state index contributed by atoms with van der Waals surface area (Å²) in [6.45, 7) is 2.07. The summed E-state index contributed by atoms with van der Waals surface area (Å²) in [4.78, 5) is 21.7. The number of aliphatic hydroxyl groups is 1. The van der Waals surface area contributed by atoms with Crippen molar-refractivity contribution in [3.8, 4) is 0 Å². The molecule has 2 rings (SSSR count). The molecule has 1 aliphatic carbocycles. The Labute approximate surface area is 99.5 Å². The van der Waals surface area contributed by atoms with Gasteiger partial charge in [-0.15, -0.1) is 0 Å². The van der Waals surface area contributed by atoms with Crippen LogP contribution in [0.3, 0.4) is 0 Å². The van der Waals surface area contributed by atoms with Crippen LogP contribution in [0.2, 0.25) is 0 Å². The van der Waals surface area contributed by atoms with Gasteiger partial charge in [-0.05, 0) is 25.8 Å². The highest BCUT2D eigenvalue weighted by molar-refractivity contribution is 5.93. The van der Waals surface area contributed by atoms with Gasteiger partial charge in [0, 0.05) is 18.3 Å². The Kier molecular flexibility index (Phi) is 3.23. The van der Waals surface area contributed by atoms with Crippen molar-refractivity contribution in [3.63, 3.8) is 0 Å². The van der Waals surface area contributed by atoms with Crippen molar-refractivity contribution in [2.45, 2.75) is 25.8 Å².